The van der Waals surface area contributed by atoms with Gasteiger partial charge in [0.2, 0.25) is 5.91 Å². The lowest BCUT2D eigenvalue weighted by molar-refractivity contribution is -0.146. The zero-order valence-electron chi connectivity index (χ0n) is 13.8. The number of rotatable bonds is 3. The highest BCUT2D eigenvalue weighted by Gasteiger charge is 2.38. The van der Waals surface area contributed by atoms with E-state index in [2.05, 4.69) is 25.6 Å². The van der Waals surface area contributed by atoms with Crippen LogP contribution in [0.5, 0.6) is 0 Å². The van der Waals surface area contributed by atoms with Crippen molar-refractivity contribution in [2.45, 2.75) is 19.0 Å². The van der Waals surface area contributed by atoms with Gasteiger partial charge in [0.15, 0.2) is 10.8 Å². The first-order valence-corrected chi connectivity index (χ1v) is 9.05. The molecule has 8 nitrogen and oxygen atoms in total. The van der Waals surface area contributed by atoms with Crippen LogP contribution in [-0.2, 0) is 11.0 Å². The standard InChI is InChI=1S/C15H14F3N7OS/c16-15(17,18)13-22-21-10-1-2-11(23-25(10)13)24-6-3-9(4-7-24)12(26)20-14-19-5-8-27-14/h1-2,5,8-9H,3-4,6-7H2,(H,19,20,26). The number of halogens is 3. The Labute approximate surface area is 155 Å². The van der Waals surface area contributed by atoms with Crippen LogP contribution in [0.2, 0.25) is 0 Å². The van der Waals surface area contributed by atoms with Gasteiger partial charge in [-0.1, -0.05) is 0 Å². The van der Waals surface area contributed by atoms with Crippen LogP contribution in [0, 0.1) is 5.92 Å². The molecule has 1 fully saturated rings. The molecule has 1 aliphatic rings. The Hall–Kier alpha value is -2.76. The molecule has 0 unspecified atom stereocenters. The Balaban J connectivity index is 1.45. The van der Waals surface area contributed by atoms with Crippen molar-refractivity contribution in [3.63, 3.8) is 0 Å². The van der Waals surface area contributed by atoms with Crippen LogP contribution in [0.25, 0.3) is 5.65 Å². The smallest absolute Gasteiger partial charge is 0.355 e. The van der Waals surface area contributed by atoms with Gasteiger partial charge < -0.3 is 10.2 Å². The summed E-state index contributed by atoms with van der Waals surface area (Å²) in [4.78, 5) is 18.2. The van der Waals surface area contributed by atoms with Crippen molar-refractivity contribution in [3.05, 3.63) is 29.5 Å². The number of fused-ring (bicyclic) bond motifs is 1. The number of carbonyl (C=O) groups is 1. The number of hydrogen-bond acceptors (Lipinski definition) is 7. The fourth-order valence-corrected chi connectivity index (χ4v) is 3.52. The van der Waals surface area contributed by atoms with Crippen molar-refractivity contribution in [2.24, 2.45) is 5.92 Å². The summed E-state index contributed by atoms with van der Waals surface area (Å²) in [6, 6.07) is 3.06. The minimum absolute atomic E-state index is 0.0313. The minimum Gasteiger partial charge on any atom is -0.355 e. The molecular formula is C15H14F3N7OS. The van der Waals surface area contributed by atoms with Crippen LogP contribution in [-0.4, -0.2) is 43.8 Å². The van der Waals surface area contributed by atoms with Crippen molar-refractivity contribution in [3.8, 4) is 0 Å². The molecular weight excluding hydrogens is 383 g/mol. The van der Waals surface area contributed by atoms with E-state index in [1.807, 2.05) is 4.90 Å². The molecule has 0 radical (unpaired) electrons. The largest absolute Gasteiger partial charge is 0.453 e. The molecule has 0 aromatic carbocycles. The van der Waals surface area contributed by atoms with E-state index in [1.54, 1.807) is 17.6 Å². The number of amides is 1. The van der Waals surface area contributed by atoms with Gasteiger partial charge in [-0.15, -0.1) is 26.6 Å². The third kappa shape index (κ3) is 3.56. The number of anilines is 2. The number of hydrogen-bond donors (Lipinski definition) is 1. The second kappa shape index (κ2) is 6.76. The molecule has 27 heavy (non-hydrogen) atoms. The highest BCUT2D eigenvalue weighted by Crippen LogP contribution is 2.29. The van der Waals surface area contributed by atoms with E-state index >= 15 is 0 Å². The van der Waals surface area contributed by atoms with Gasteiger partial charge in [0.25, 0.3) is 5.82 Å². The third-order valence-electron chi connectivity index (χ3n) is 4.35. The van der Waals surface area contributed by atoms with Gasteiger partial charge in [0.05, 0.1) is 0 Å². The number of aromatic nitrogens is 5. The van der Waals surface area contributed by atoms with E-state index in [0.717, 1.165) is 0 Å². The number of thiazole rings is 1. The Morgan fingerprint density at radius 1 is 1.22 bits per heavy atom. The molecule has 0 atom stereocenters. The SMILES string of the molecule is O=C(Nc1nccs1)C1CCN(c2ccc3nnc(C(F)(F)F)n3n2)CC1. The van der Waals surface area contributed by atoms with Crippen molar-refractivity contribution >= 4 is 33.8 Å². The van der Waals surface area contributed by atoms with Gasteiger partial charge in [-0.3, -0.25) is 4.79 Å². The topological polar surface area (TPSA) is 88.3 Å². The Morgan fingerprint density at radius 3 is 2.67 bits per heavy atom. The molecule has 3 aromatic heterocycles. The molecule has 142 valence electrons. The maximum atomic E-state index is 13.0. The van der Waals surface area contributed by atoms with Crippen molar-refractivity contribution in [1.82, 2.24) is 24.8 Å². The molecule has 0 aliphatic carbocycles. The van der Waals surface area contributed by atoms with E-state index < -0.39 is 12.0 Å². The predicted molar refractivity (Wildman–Crippen MR) is 91.5 cm³/mol. The first kappa shape index (κ1) is 17.6. The average Bonchev–Trinajstić information content (AvgIpc) is 3.30. The second-order valence-electron chi connectivity index (χ2n) is 6.07. The fraction of sp³-hybridized carbons (Fsp3) is 0.400. The van der Waals surface area contributed by atoms with Crippen molar-refractivity contribution in [1.29, 1.82) is 0 Å². The number of piperidine rings is 1. The Kier molecular flexibility index (Phi) is 4.42. The third-order valence-corrected chi connectivity index (χ3v) is 5.04. The first-order chi connectivity index (χ1) is 12.9. The quantitative estimate of drug-likeness (QED) is 0.731. The molecule has 4 rings (SSSR count). The zero-order chi connectivity index (χ0) is 19.0. The molecule has 4 heterocycles. The lowest BCUT2D eigenvalue weighted by Gasteiger charge is -2.31. The molecule has 0 saturated carbocycles. The van der Waals surface area contributed by atoms with Crippen LogP contribution >= 0.6 is 11.3 Å². The molecule has 12 heteroatoms. The van der Waals surface area contributed by atoms with Crippen molar-refractivity contribution < 1.29 is 18.0 Å². The van der Waals surface area contributed by atoms with Crippen LogP contribution in [0.4, 0.5) is 24.1 Å². The summed E-state index contributed by atoms with van der Waals surface area (Å²) in [5.74, 6) is -1.02. The van der Waals surface area contributed by atoms with Gasteiger partial charge in [-0.2, -0.15) is 17.7 Å². The normalized spacial score (nSPS) is 16.0. The fourth-order valence-electron chi connectivity index (χ4n) is 2.99. The first-order valence-electron chi connectivity index (χ1n) is 8.17. The lowest BCUT2D eigenvalue weighted by atomic mass is 9.96. The average molecular weight is 397 g/mol. The van der Waals surface area contributed by atoms with Crippen LogP contribution in [0.15, 0.2) is 23.7 Å². The molecule has 0 bridgehead atoms. The van der Waals surface area contributed by atoms with E-state index in [-0.39, 0.29) is 17.5 Å². The molecule has 1 aliphatic heterocycles. The molecule has 1 amide bonds. The summed E-state index contributed by atoms with van der Waals surface area (Å²) in [6.45, 7) is 1.02. The summed E-state index contributed by atoms with van der Waals surface area (Å²) in [5.41, 5.74) is 0.0313. The Morgan fingerprint density at radius 2 is 2.00 bits per heavy atom. The maximum Gasteiger partial charge on any atom is 0.453 e. The van der Waals surface area contributed by atoms with Gasteiger partial charge >= 0.3 is 6.18 Å². The van der Waals surface area contributed by atoms with Crippen LogP contribution in [0.3, 0.4) is 0 Å². The number of alkyl halides is 3. The van der Waals surface area contributed by atoms with E-state index in [1.165, 1.54) is 17.4 Å². The molecule has 3 aromatic rings. The van der Waals surface area contributed by atoms with E-state index in [9.17, 15) is 18.0 Å². The van der Waals surface area contributed by atoms with Crippen molar-refractivity contribution in [2.75, 3.05) is 23.3 Å². The van der Waals surface area contributed by atoms with Gasteiger partial charge in [0, 0.05) is 30.6 Å². The number of nitrogens with one attached hydrogen (secondary N) is 1. The van der Waals surface area contributed by atoms with Crippen LogP contribution < -0.4 is 10.2 Å². The highest BCUT2D eigenvalue weighted by atomic mass is 32.1. The minimum atomic E-state index is -4.63. The highest BCUT2D eigenvalue weighted by molar-refractivity contribution is 7.13. The maximum absolute atomic E-state index is 13.0. The summed E-state index contributed by atoms with van der Waals surface area (Å²) in [7, 11) is 0. The summed E-state index contributed by atoms with van der Waals surface area (Å²) in [6.07, 6.45) is -1.87. The summed E-state index contributed by atoms with van der Waals surface area (Å²) < 4.78 is 39.7. The predicted octanol–water partition coefficient (Wildman–Crippen LogP) is 2.45. The number of carbonyl (C=O) groups excluding carboxylic acids is 1. The molecule has 0 spiro atoms. The monoisotopic (exact) mass is 397 g/mol. The van der Waals surface area contributed by atoms with Gasteiger partial charge in [-0.25, -0.2) is 4.98 Å². The van der Waals surface area contributed by atoms with Gasteiger partial charge in [0.1, 0.15) is 5.82 Å². The molecule has 1 N–H and O–H groups in total. The van der Waals surface area contributed by atoms with E-state index in [4.69, 9.17) is 0 Å². The Bertz CT molecular complexity index is 948. The number of nitrogens with zero attached hydrogens (tertiary/aromatic N) is 6. The molecule has 1 saturated heterocycles. The summed E-state index contributed by atoms with van der Waals surface area (Å²) >= 11 is 1.35. The van der Waals surface area contributed by atoms with Crippen LogP contribution in [0.1, 0.15) is 18.7 Å². The summed E-state index contributed by atoms with van der Waals surface area (Å²) in [5, 5.41) is 15.8. The lowest BCUT2D eigenvalue weighted by Crippen LogP contribution is -2.38. The van der Waals surface area contributed by atoms with Gasteiger partial charge in [-0.05, 0) is 25.0 Å². The second-order valence-corrected chi connectivity index (χ2v) is 6.97. The zero-order valence-corrected chi connectivity index (χ0v) is 14.7. The van der Waals surface area contributed by atoms with E-state index in [0.29, 0.717) is 41.4 Å².